The van der Waals surface area contributed by atoms with Gasteiger partial charge in [0, 0.05) is 29.3 Å². The van der Waals surface area contributed by atoms with Gasteiger partial charge in [-0.2, -0.15) is 0 Å². The number of hydrogen-bond donors (Lipinski definition) is 1. The maximum Gasteiger partial charge on any atom is 0.344 e. The van der Waals surface area contributed by atoms with E-state index in [9.17, 15) is 18.0 Å². The number of aryl methyl sites for hydroxylation is 2. The third kappa shape index (κ3) is 5.21. The zero-order valence-corrected chi connectivity index (χ0v) is 20.4. The normalized spacial score (nSPS) is 11.6. The summed E-state index contributed by atoms with van der Waals surface area (Å²) in [6, 6.07) is 15.1. The minimum Gasteiger partial charge on any atom is -0.497 e. The van der Waals surface area contributed by atoms with Crippen LogP contribution in [-0.2, 0) is 14.8 Å². The molecule has 0 saturated heterocycles. The number of carbonyl (C=O) groups excluding carboxylic acids is 1. The number of methoxy groups -OCH3 is 1. The van der Waals surface area contributed by atoms with Crippen molar-refractivity contribution < 1.29 is 27.1 Å². The van der Waals surface area contributed by atoms with Crippen LogP contribution in [0, 0.1) is 13.8 Å². The molecular weight excluding hydrogens is 470 g/mol. The molecule has 1 N–H and O–H groups in total. The van der Waals surface area contributed by atoms with E-state index in [1.54, 1.807) is 49.4 Å². The topological polar surface area (TPSA) is 112 Å². The van der Waals surface area contributed by atoms with Crippen LogP contribution in [0.15, 0.2) is 68.7 Å². The molecule has 4 aromatic rings. The molecule has 0 aliphatic carbocycles. The van der Waals surface area contributed by atoms with E-state index in [4.69, 9.17) is 13.9 Å². The molecule has 0 amide bonds. The van der Waals surface area contributed by atoms with Gasteiger partial charge in [0.25, 0.3) is 0 Å². The van der Waals surface area contributed by atoms with Gasteiger partial charge >= 0.3 is 11.6 Å². The smallest absolute Gasteiger partial charge is 0.344 e. The summed E-state index contributed by atoms with van der Waals surface area (Å²) in [5.74, 6) is 0.307. The van der Waals surface area contributed by atoms with Crippen molar-refractivity contribution in [3.8, 4) is 11.5 Å². The highest BCUT2D eigenvalue weighted by Crippen LogP contribution is 2.32. The van der Waals surface area contributed by atoms with E-state index in [2.05, 4.69) is 4.72 Å². The lowest BCUT2D eigenvalue weighted by molar-refractivity contribution is -0.134. The molecule has 8 nitrogen and oxygen atoms in total. The van der Waals surface area contributed by atoms with Crippen molar-refractivity contribution in [3.63, 3.8) is 0 Å². The standard InChI is InChI=1S/C26H25NO7S/c1-16-6-9-19(10-7-16)35(30,31)27-14-4-5-24(28)33-23-13-12-21-20-11-8-18(32-3)15-22(20)26(29)34-25(21)17(23)2/h6-13,15,27H,4-5,14H2,1-3H3. The molecule has 1 aromatic heterocycles. The number of hydrogen-bond acceptors (Lipinski definition) is 7. The Hall–Kier alpha value is -3.69. The molecule has 1 heterocycles. The average molecular weight is 496 g/mol. The second-order valence-corrected chi connectivity index (χ2v) is 9.92. The molecule has 0 radical (unpaired) electrons. The summed E-state index contributed by atoms with van der Waals surface area (Å²) in [5, 5.41) is 1.82. The molecule has 0 atom stereocenters. The van der Waals surface area contributed by atoms with Crippen LogP contribution in [-0.4, -0.2) is 28.0 Å². The van der Waals surface area contributed by atoms with Crippen molar-refractivity contribution in [2.45, 2.75) is 31.6 Å². The van der Waals surface area contributed by atoms with Gasteiger partial charge in [-0.05, 0) is 62.7 Å². The van der Waals surface area contributed by atoms with Crippen LogP contribution in [0.3, 0.4) is 0 Å². The summed E-state index contributed by atoms with van der Waals surface area (Å²) < 4.78 is 43.3. The van der Waals surface area contributed by atoms with Crippen LogP contribution in [0.5, 0.6) is 11.5 Å². The molecule has 0 bridgehead atoms. The van der Waals surface area contributed by atoms with Crippen molar-refractivity contribution in [3.05, 3.63) is 76.1 Å². The number of ether oxygens (including phenoxy) is 2. The highest BCUT2D eigenvalue weighted by molar-refractivity contribution is 7.89. The van der Waals surface area contributed by atoms with Crippen LogP contribution in [0.1, 0.15) is 24.0 Å². The zero-order valence-electron chi connectivity index (χ0n) is 19.6. The molecular formula is C26H25NO7S. The van der Waals surface area contributed by atoms with E-state index in [-0.39, 0.29) is 30.0 Å². The van der Waals surface area contributed by atoms with E-state index < -0.39 is 21.6 Å². The molecule has 0 spiro atoms. The fourth-order valence-corrected chi connectivity index (χ4v) is 4.82. The largest absolute Gasteiger partial charge is 0.497 e. The van der Waals surface area contributed by atoms with E-state index >= 15 is 0 Å². The fourth-order valence-electron chi connectivity index (χ4n) is 3.74. The van der Waals surface area contributed by atoms with Crippen LogP contribution in [0.2, 0.25) is 0 Å². The summed E-state index contributed by atoms with van der Waals surface area (Å²) in [4.78, 5) is 25.1. The lowest BCUT2D eigenvalue weighted by Crippen LogP contribution is -2.25. The Bertz CT molecular complexity index is 1570. The number of nitrogens with one attached hydrogen (secondary N) is 1. The van der Waals surface area contributed by atoms with Gasteiger partial charge in [-0.1, -0.05) is 17.7 Å². The van der Waals surface area contributed by atoms with Crippen LogP contribution >= 0.6 is 0 Å². The first kappa shape index (κ1) is 24.4. The predicted molar refractivity (Wildman–Crippen MR) is 133 cm³/mol. The van der Waals surface area contributed by atoms with Gasteiger partial charge in [-0.15, -0.1) is 0 Å². The molecule has 0 aliphatic heterocycles. The van der Waals surface area contributed by atoms with Gasteiger partial charge in [-0.3, -0.25) is 4.79 Å². The molecule has 3 aromatic carbocycles. The van der Waals surface area contributed by atoms with Crippen molar-refractivity contribution in [1.29, 1.82) is 0 Å². The van der Waals surface area contributed by atoms with E-state index in [1.807, 2.05) is 6.92 Å². The van der Waals surface area contributed by atoms with Crippen molar-refractivity contribution >= 4 is 37.7 Å². The predicted octanol–water partition coefficient (Wildman–Crippen LogP) is 4.24. The average Bonchev–Trinajstić information content (AvgIpc) is 2.84. The number of esters is 1. The Morgan fingerprint density at radius 2 is 1.69 bits per heavy atom. The quantitative estimate of drug-likeness (QED) is 0.128. The number of carbonyl (C=O) groups is 1. The van der Waals surface area contributed by atoms with Gasteiger partial charge in [0.05, 0.1) is 17.4 Å². The molecule has 9 heteroatoms. The van der Waals surface area contributed by atoms with Crippen molar-refractivity contribution in [2.75, 3.05) is 13.7 Å². The van der Waals surface area contributed by atoms with Crippen LogP contribution in [0.25, 0.3) is 21.7 Å². The lowest BCUT2D eigenvalue weighted by Gasteiger charge is -2.11. The monoisotopic (exact) mass is 495 g/mol. The molecule has 4 rings (SSSR count). The van der Waals surface area contributed by atoms with E-state index in [0.29, 0.717) is 33.1 Å². The highest BCUT2D eigenvalue weighted by atomic mass is 32.2. The summed E-state index contributed by atoms with van der Waals surface area (Å²) in [5.41, 5.74) is 1.30. The van der Waals surface area contributed by atoms with Crippen molar-refractivity contribution in [1.82, 2.24) is 4.72 Å². The Morgan fingerprint density at radius 3 is 2.40 bits per heavy atom. The zero-order chi connectivity index (χ0) is 25.2. The van der Waals surface area contributed by atoms with Crippen LogP contribution in [0.4, 0.5) is 0 Å². The Kier molecular flexibility index (Phi) is 6.90. The second kappa shape index (κ2) is 9.89. The third-order valence-corrected chi connectivity index (χ3v) is 7.17. The van der Waals surface area contributed by atoms with Gasteiger partial charge in [0.1, 0.15) is 17.1 Å². The Balaban J connectivity index is 1.43. The molecule has 182 valence electrons. The first-order valence-corrected chi connectivity index (χ1v) is 12.5. The number of rotatable bonds is 8. The van der Waals surface area contributed by atoms with Gasteiger partial charge < -0.3 is 13.9 Å². The first-order valence-electron chi connectivity index (χ1n) is 11.0. The SMILES string of the molecule is COc1ccc2c(c1)c(=O)oc1c(C)c(OC(=O)CCCNS(=O)(=O)c3ccc(C)cc3)ccc12. The summed E-state index contributed by atoms with van der Waals surface area (Å²) >= 11 is 0. The number of fused-ring (bicyclic) bond motifs is 3. The Morgan fingerprint density at radius 1 is 0.971 bits per heavy atom. The summed E-state index contributed by atoms with van der Waals surface area (Å²) in [7, 11) is -2.12. The van der Waals surface area contributed by atoms with Gasteiger partial charge in [0.2, 0.25) is 10.0 Å². The summed E-state index contributed by atoms with van der Waals surface area (Å²) in [6.07, 6.45) is 0.271. The maximum absolute atomic E-state index is 12.5. The maximum atomic E-state index is 12.5. The summed E-state index contributed by atoms with van der Waals surface area (Å²) in [6.45, 7) is 3.67. The number of benzene rings is 3. The van der Waals surface area contributed by atoms with Crippen molar-refractivity contribution in [2.24, 2.45) is 0 Å². The molecule has 35 heavy (non-hydrogen) atoms. The fraction of sp³-hybridized carbons (Fsp3) is 0.231. The highest BCUT2D eigenvalue weighted by Gasteiger charge is 2.16. The first-order chi connectivity index (χ1) is 16.7. The van der Waals surface area contributed by atoms with E-state index in [0.717, 1.165) is 5.56 Å². The molecule has 0 unspecified atom stereocenters. The minimum absolute atomic E-state index is 0.00928. The molecule has 0 fully saturated rings. The Labute approximate surface area is 202 Å². The molecule has 0 saturated carbocycles. The lowest BCUT2D eigenvalue weighted by atomic mass is 10.0. The van der Waals surface area contributed by atoms with Gasteiger partial charge in [0.15, 0.2) is 0 Å². The second-order valence-electron chi connectivity index (χ2n) is 8.15. The minimum atomic E-state index is -3.64. The van der Waals surface area contributed by atoms with Crippen LogP contribution < -0.4 is 19.8 Å². The third-order valence-electron chi connectivity index (χ3n) is 5.69. The van der Waals surface area contributed by atoms with E-state index in [1.165, 1.54) is 19.2 Å². The molecule has 0 aliphatic rings. The van der Waals surface area contributed by atoms with Gasteiger partial charge in [-0.25, -0.2) is 17.9 Å². The number of sulfonamides is 1.